The number of likely N-dealkylation sites (N-methyl/N-ethyl adjacent to an activating group) is 1. The Balaban J connectivity index is 1.18. The SMILES string of the molecule is COc1ccccc1N1CCN(CCN2C=Nc3sc4c(c3C2N)CCN(C)C4)CC1. The molecule has 1 aromatic carbocycles. The Morgan fingerprint density at radius 3 is 2.74 bits per heavy atom. The summed E-state index contributed by atoms with van der Waals surface area (Å²) >= 11 is 1.82. The zero-order valence-electron chi connectivity index (χ0n) is 18.5. The van der Waals surface area contributed by atoms with Gasteiger partial charge in [-0.25, -0.2) is 4.99 Å². The molecular weight excluding hydrogens is 408 g/mol. The molecule has 8 heteroatoms. The minimum atomic E-state index is -0.0780. The maximum Gasteiger partial charge on any atom is 0.142 e. The summed E-state index contributed by atoms with van der Waals surface area (Å²) in [5, 5.41) is 1.12. The van der Waals surface area contributed by atoms with Crippen molar-refractivity contribution in [3.05, 3.63) is 40.3 Å². The lowest BCUT2D eigenvalue weighted by molar-refractivity contribution is 0.216. The van der Waals surface area contributed by atoms with Gasteiger partial charge in [0.25, 0.3) is 0 Å². The third kappa shape index (κ3) is 4.05. The van der Waals surface area contributed by atoms with Crippen molar-refractivity contribution in [2.45, 2.75) is 19.1 Å². The standard InChI is InChI=1S/C23H32N6OS/c1-26-8-7-17-20(15-26)31-23-21(17)22(24)29(16-25-23)14-11-27-9-12-28(13-10-27)18-5-3-4-6-19(18)30-2/h3-6,16,22H,7-15,24H2,1-2H3. The molecule has 3 aliphatic heterocycles. The van der Waals surface area contributed by atoms with Gasteiger partial charge in [0.05, 0.1) is 19.1 Å². The lowest BCUT2D eigenvalue weighted by atomic mass is 10.0. The highest BCUT2D eigenvalue weighted by atomic mass is 32.1. The molecule has 0 amide bonds. The normalized spacial score (nSPS) is 21.8. The minimum absolute atomic E-state index is 0.0780. The number of aliphatic imine (C=N–C) groups is 1. The van der Waals surface area contributed by atoms with Crippen LogP contribution in [-0.4, -0.2) is 81.0 Å². The third-order valence-corrected chi connectivity index (χ3v) is 7.86. The van der Waals surface area contributed by atoms with E-state index in [4.69, 9.17) is 15.5 Å². The fourth-order valence-electron chi connectivity index (χ4n) is 4.86. The molecule has 0 aliphatic carbocycles. The van der Waals surface area contributed by atoms with Crippen LogP contribution < -0.4 is 15.4 Å². The number of fused-ring (bicyclic) bond motifs is 3. The molecule has 0 bridgehead atoms. The second kappa shape index (κ2) is 8.78. The van der Waals surface area contributed by atoms with E-state index in [9.17, 15) is 0 Å². The molecule has 0 spiro atoms. The Hall–Kier alpha value is -2.13. The number of hydrogen-bond acceptors (Lipinski definition) is 8. The van der Waals surface area contributed by atoms with E-state index in [1.54, 1.807) is 7.11 Å². The van der Waals surface area contributed by atoms with E-state index >= 15 is 0 Å². The second-order valence-electron chi connectivity index (χ2n) is 8.64. The molecule has 2 aromatic rings. The van der Waals surface area contributed by atoms with Crippen LogP contribution in [0.15, 0.2) is 29.3 Å². The Kier molecular flexibility index (Phi) is 5.88. The maximum absolute atomic E-state index is 6.73. The van der Waals surface area contributed by atoms with E-state index in [1.165, 1.54) is 21.7 Å². The summed E-state index contributed by atoms with van der Waals surface area (Å²) in [6.45, 7) is 8.14. The third-order valence-electron chi connectivity index (χ3n) is 6.72. The first kappa shape index (κ1) is 20.8. The van der Waals surface area contributed by atoms with Gasteiger partial charge < -0.3 is 25.2 Å². The molecule has 4 heterocycles. The molecule has 0 radical (unpaired) electrons. The lowest BCUT2D eigenvalue weighted by Crippen LogP contribution is -2.49. The molecule has 5 rings (SSSR count). The number of nitrogens with two attached hydrogens (primary N) is 1. The molecule has 1 fully saturated rings. The summed E-state index contributed by atoms with van der Waals surface area (Å²) in [6, 6.07) is 8.29. The van der Waals surface area contributed by atoms with Gasteiger partial charge in [0.2, 0.25) is 0 Å². The van der Waals surface area contributed by atoms with Crippen LogP contribution in [0.3, 0.4) is 0 Å². The maximum atomic E-state index is 6.73. The Labute approximate surface area is 188 Å². The molecule has 2 N–H and O–H groups in total. The second-order valence-corrected chi connectivity index (χ2v) is 9.72. The fourth-order valence-corrected chi connectivity index (χ4v) is 6.17. The minimum Gasteiger partial charge on any atom is -0.495 e. The van der Waals surface area contributed by atoms with Crippen LogP contribution in [0.5, 0.6) is 5.75 Å². The molecule has 0 saturated carbocycles. The van der Waals surface area contributed by atoms with Crippen molar-refractivity contribution in [1.82, 2.24) is 14.7 Å². The molecule has 1 aromatic heterocycles. The monoisotopic (exact) mass is 440 g/mol. The van der Waals surface area contributed by atoms with Gasteiger partial charge in [-0.1, -0.05) is 12.1 Å². The van der Waals surface area contributed by atoms with E-state index in [2.05, 4.69) is 38.8 Å². The highest BCUT2D eigenvalue weighted by Crippen LogP contribution is 2.43. The molecule has 7 nitrogen and oxygen atoms in total. The van der Waals surface area contributed by atoms with Gasteiger partial charge >= 0.3 is 0 Å². The summed E-state index contributed by atoms with van der Waals surface area (Å²) in [7, 11) is 3.93. The Morgan fingerprint density at radius 1 is 1.13 bits per heavy atom. The smallest absolute Gasteiger partial charge is 0.142 e. The predicted molar refractivity (Wildman–Crippen MR) is 128 cm³/mol. The number of piperazine rings is 1. The lowest BCUT2D eigenvalue weighted by Gasteiger charge is -2.38. The van der Waals surface area contributed by atoms with Gasteiger partial charge in [0.15, 0.2) is 0 Å². The van der Waals surface area contributed by atoms with Gasteiger partial charge in [-0.15, -0.1) is 11.3 Å². The number of methoxy groups -OCH3 is 1. The summed E-state index contributed by atoms with van der Waals surface area (Å²) in [4.78, 5) is 15.8. The molecule has 1 unspecified atom stereocenters. The number of benzene rings is 1. The molecular formula is C23H32N6OS. The Morgan fingerprint density at radius 2 is 1.94 bits per heavy atom. The van der Waals surface area contributed by atoms with Gasteiger partial charge in [-0.2, -0.15) is 0 Å². The first-order valence-electron chi connectivity index (χ1n) is 11.1. The number of ether oxygens (including phenoxy) is 1. The fraction of sp³-hybridized carbons (Fsp3) is 0.522. The van der Waals surface area contributed by atoms with Gasteiger partial charge in [-0.05, 0) is 31.2 Å². The zero-order chi connectivity index (χ0) is 21.4. The van der Waals surface area contributed by atoms with Crippen LogP contribution in [0.4, 0.5) is 10.7 Å². The van der Waals surface area contributed by atoms with Gasteiger partial charge in [0.1, 0.15) is 16.9 Å². The summed E-state index contributed by atoms with van der Waals surface area (Å²) in [5.74, 6) is 0.951. The number of rotatable bonds is 5. The van der Waals surface area contributed by atoms with Crippen molar-refractivity contribution < 1.29 is 4.74 Å². The average molecular weight is 441 g/mol. The highest BCUT2D eigenvalue weighted by Gasteiger charge is 2.31. The van der Waals surface area contributed by atoms with Crippen molar-refractivity contribution in [2.75, 3.05) is 64.9 Å². The van der Waals surface area contributed by atoms with Crippen LogP contribution in [0.25, 0.3) is 0 Å². The number of thiophene rings is 1. The molecule has 1 atom stereocenters. The van der Waals surface area contributed by atoms with Crippen molar-refractivity contribution in [3.8, 4) is 5.75 Å². The van der Waals surface area contributed by atoms with Crippen molar-refractivity contribution in [3.63, 3.8) is 0 Å². The van der Waals surface area contributed by atoms with Crippen molar-refractivity contribution in [2.24, 2.45) is 10.7 Å². The number of nitrogens with zero attached hydrogens (tertiary/aromatic N) is 5. The van der Waals surface area contributed by atoms with Gasteiger partial charge in [-0.3, -0.25) is 4.90 Å². The average Bonchev–Trinajstić information content (AvgIpc) is 3.17. The summed E-state index contributed by atoms with van der Waals surface area (Å²) < 4.78 is 5.54. The summed E-state index contributed by atoms with van der Waals surface area (Å²) in [5.41, 5.74) is 10.6. The number of anilines is 1. The first-order valence-corrected chi connectivity index (χ1v) is 11.9. The van der Waals surface area contributed by atoms with Crippen LogP contribution in [0.2, 0.25) is 0 Å². The van der Waals surface area contributed by atoms with E-state index < -0.39 is 0 Å². The number of para-hydroxylation sites is 2. The Bertz CT molecular complexity index is 952. The van der Waals surface area contributed by atoms with Crippen LogP contribution in [0.1, 0.15) is 22.2 Å². The van der Waals surface area contributed by atoms with E-state index in [-0.39, 0.29) is 6.17 Å². The van der Waals surface area contributed by atoms with Crippen LogP contribution in [0, 0.1) is 0 Å². The van der Waals surface area contributed by atoms with E-state index in [1.807, 2.05) is 29.8 Å². The first-order chi connectivity index (χ1) is 15.1. The number of hydrogen-bond donors (Lipinski definition) is 1. The quantitative estimate of drug-likeness (QED) is 0.771. The van der Waals surface area contributed by atoms with E-state index in [0.29, 0.717) is 0 Å². The molecule has 31 heavy (non-hydrogen) atoms. The highest BCUT2D eigenvalue weighted by molar-refractivity contribution is 7.16. The summed E-state index contributed by atoms with van der Waals surface area (Å²) in [6.07, 6.45) is 2.97. The van der Waals surface area contributed by atoms with Crippen LogP contribution in [-0.2, 0) is 13.0 Å². The molecule has 3 aliphatic rings. The van der Waals surface area contributed by atoms with E-state index in [0.717, 1.165) is 69.5 Å². The predicted octanol–water partition coefficient (Wildman–Crippen LogP) is 2.50. The van der Waals surface area contributed by atoms with Crippen molar-refractivity contribution in [1.29, 1.82) is 0 Å². The van der Waals surface area contributed by atoms with Gasteiger partial charge in [0, 0.05) is 62.8 Å². The zero-order valence-corrected chi connectivity index (χ0v) is 19.3. The topological polar surface area (TPSA) is 60.6 Å². The van der Waals surface area contributed by atoms with Crippen LogP contribution >= 0.6 is 11.3 Å². The molecule has 166 valence electrons. The van der Waals surface area contributed by atoms with Crippen molar-refractivity contribution >= 4 is 28.4 Å². The molecule has 1 saturated heterocycles. The largest absolute Gasteiger partial charge is 0.495 e.